The topological polar surface area (TPSA) is 93.6 Å². The van der Waals surface area contributed by atoms with Crippen molar-refractivity contribution in [1.82, 2.24) is 5.32 Å². The Morgan fingerprint density at radius 3 is 2.39 bits per heavy atom. The van der Waals surface area contributed by atoms with Crippen LogP contribution in [0.4, 0.5) is 17.1 Å². The number of carbonyl (C=O) groups excluding carboxylic acids is 1. The summed E-state index contributed by atoms with van der Waals surface area (Å²) in [5, 5.41) is 29.3. The van der Waals surface area contributed by atoms with Crippen molar-refractivity contribution in [3.63, 3.8) is 0 Å². The lowest BCUT2D eigenvalue weighted by Crippen LogP contribution is -2.23. The third-order valence-corrected chi connectivity index (χ3v) is 6.11. The second-order valence-electron chi connectivity index (χ2n) is 8.73. The Bertz CT molecular complexity index is 1290. The maximum Gasteiger partial charge on any atom is 0.211 e. The first-order valence-electron chi connectivity index (χ1n) is 12.0. The number of aliphatic hydroxyl groups excluding tert-OH is 1. The second kappa shape index (κ2) is 12.0. The summed E-state index contributed by atoms with van der Waals surface area (Å²) < 4.78 is 0. The molecule has 1 atom stereocenters. The van der Waals surface area contributed by atoms with E-state index < -0.39 is 6.10 Å². The number of carbonyl (C=O) groups is 1. The molecule has 0 aliphatic heterocycles. The lowest BCUT2D eigenvalue weighted by molar-refractivity contribution is -0.105. The zero-order valence-electron chi connectivity index (χ0n) is 20.2. The first kappa shape index (κ1) is 25.0. The van der Waals surface area contributed by atoms with Crippen molar-refractivity contribution in [3.8, 4) is 16.9 Å². The van der Waals surface area contributed by atoms with Gasteiger partial charge in [-0.3, -0.25) is 4.79 Å². The van der Waals surface area contributed by atoms with Crippen molar-refractivity contribution >= 4 is 23.5 Å². The largest absolute Gasteiger partial charge is 0.506 e. The van der Waals surface area contributed by atoms with Crippen LogP contribution >= 0.6 is 0 Å². The van der Waals surface area contributed by atoms with E-state index in [1.165, 1.54) is 28.3 Å². The van der Waals surface area contributed by atoms with Gasteiger partial charge in [0.05, 0.1) is 11.8 Å². The maximum absolute atomic E-state index is 10.6. The predicted octanol–water partition coefficient (Wildman–Crippen LogP) is 5.55. The first-order chi connectivity index (χ1) is 17.5. The number of amides is 1. The number of hydrogen-bond donors (Lipinski definition) is 5. The SMILES string of the molecule is Cc1ccc(Nc2ccc(CCNC[C@H](O)c3ccc(O)c(NC=O)c3)cc2)cc1-c1ccccc1. The van der Waals surface area contributed by atoms with Crippen molar-refractivity contribution < 1.29 is 15.0 Å². The van der Waals surface area contributed by atoms with Gasteiger partial charge in [-0.1, -0.05) is 54.6 Å². The molecule has 0 spiro atoms. The highest BCUT2D eigenvalue weighted by atomic mass is 16.3. The van der Waals surface area contributed by atoms with E-state index in [1.807, 2.05) is 6.07 Å². The highest BCUT2D eigenvalue weighted by Gasteiger charge is 2.10. The fourth-order valence-electron chi connectivity index (χ4n) is 4.08. The Hall–Kier alpha value is -4.13. The molecule has 0 heterocycles. The lowest BCUT2D eigenvalue weighted by Gasteiger charge is -2.14. The van der Waals surface area contributed by atoms with Crippen molar-refractivity contribution in [2.45, 2.75) is 19.4 Å². The summed E-state index contributed by atoms with van der Waals surface area (Å²) in [5.41, 5.74) is 7.82. The molecule has 0 saturated carbocycles. The van der Waals surface area contributed by atoms with Gasteiger partial charge in [-0.2, -0.15) is 0 Å². The van der Waals surface area contributed by atoms with E-state index >= 15 is 0 Å². The Balaban J connectivity index is 1.28. The minimum absolute atomic E-state index is 0.0389. The zero-order valence-corrected chi connectivity index (χ0v) is 20.2. The van der Waals surface area contributed by atoms with Gasteiger partial charge in [0.2, 0.25) is 6.41 Å². The fraction of sp³-hybridized carbons (Fsp3) is 0.167. The van der Waals surface area contributed by atoms with Gasteiger partial charge < -0.3 is 26.2 Å². The normalized spacial score (nSPS) is 11.6. The average Bonchev–Trinajstić information content (AvgIpc) is 2.90. The van der Waals surface area contributed by atoms with E-state index in [0.717, 1.165) is 17.8 Å². The number of nitrogens with one attached hydrogen (secondary N) is 3. The first-order valence-corrected chi connectivity index (χ1v) is 12.0. The second-order valence-corrected chi connectivity index (χ2v) is 8.73. The van der Waals surface area contributed by atoms with Gasteiger partial charge in [0.1, 0.15) is 5.75 Å². The van der Waals surface area contributed by atoms with Crippen LogP contribution < -0.4 is 16.0 Å². The van der Waals surface area contributed by atoms with Crippen LogP contribution in [-0.4, -0.2) is 29.7 Å². The van der Waals surface area contributed by atoms with Crippen LogP contribution in [0.25, 0.3) is 11.1 Å². The molecule has 4 aromatic carbocycles. The molecule has 0 saturated heterocycles. The number of aryl methyl sites for hydroxylation is 1. The molecular formula is C30H31N3O3. The average molecular weight is 482 g/mol. The number of phenolic OH excluding ortho intramolecular Hbond substituents is 1. The molecule has 36 heavy (non-hydrogen) atoms. The fourth-order valence-corrected chi connectivity index (χ4v) is 4.08. The molecule has 0 fully saturated rings. The molecule has 0 unspecified atom stereocenters. The third kappa shape index (κ3) is 6.50. The Kier molecular flexibility index (Phi) is 8.34. The van der Waals surface area contributed by atoms with Crippen LogP contribution in [0, 0.1) is 6.92 Å². The van der Waals surface area contributed by atoms with Crippen LogP contribution in [0.2, 0.25) is 0 Å². The van der Waals surface area contributed by atoms with Crippen LogP contribution in [0.3, 0.4) is 0 Å². The molecule has 6 heteroatoms. The van der Waals surface area contributed by atoms with E-state index in [4.69, 9.17) is 0 Å². The van der Waals surface area contributed by atoms with E-state index in [-0.39, 0.29) is 11.4 Å². The minimum atomic E-state index is -0.750. The van der Waals surface area contributed by atoms with Crippen LogP contribution in [0.15, 0.2) is 91.0 Å². The van der Waals surface area contributed by atoms with Crippen LogP contribution in [0.5, 0.6) is 5.75 Å². The van der Waals surface area contributed by atoms with Gasteiger partial charge in [0, 0.05) is 17.9 Å². The van der Waals surface area contributed by atoms with E-state index in [2.05, 4.69) is 89.6 Å². The van der Waals surface area contributed by atoms with Crippen molar-refractivity contribution in [2.75, 3.05) is 23.7 Å². The molecule has 0 aliphatic rings. The van der Waals surface area contributed by atoms with Crippen molar-refractivity contribution in [1.29, 1.82) is 0 Å². The molecule has 184 valence electrons. The summed E-state index contributed by atoms with van der Waals surface area (Å²) in [6, 6.07) is 29.8. The van der Waals surface area contributed by atoms with Crippen molar-refractivity contribution in [3.05, 3.63) is 108 Å². The molecule has 4 rings (SSSR count). The smallest absolute Gasteiger partial charge is 0.211 e. The summed E-state index contributed by atoms with van der Waals surface area (Å²) in [4.78, 5) is 10.6. The highest BCUT2D eigenvalue weighted by molar-refractivity contribution is 5.76. The Labute approximate surface area is 211 Å². The van der Waals surface area contributed by atoms with Gasteiger partial charge in [-0.15, -0.1) is 0 Å². The summed E-state index contributed by atoms with van der Waals surface area (Å²) in [5.74, 6) is -0.0389. The number of aromatic hydroxyl groups is 1. The van der Waals surface area contributed by atoms with Gasteiger partial charge in [0.25, 0.3) is 0 Å². The molecule has 0 aromatic heterocycles. The van der Waals surface area contributed by atoms with Gasteiger partial charge in [-0.05, 0) is 84.1 Å². The number of phenols is 1. The van der Waals surface area contributed by atoms with Gasteiger partial charge in [-0.25, -0.2) is 0 Å². The quantitative estimate of drug-likeness (QED) is 0.110. The van der Waals surface area contributed by atoms with Crippen LogP contribution in [-0.2, 0) is 11.2 Å². The summed E-state index contributed by atoms with van der Waals surface area (Å²) in [6.07, 6.45) is 0.565. The lowest BCUT2D eigenvalue weighted by atomic mass is 10.00. The van der Waals surface area contributed by atoms with Crippen LogP contribution in [0.1, 0.15) is 22.8 Å². The molecule has 1 amide bonds. The number of hydrogen-bond acceptors (Lipinski definition) is 5. The number of benzene rings is 4. The summed E-state index contributed by atoms with van der Waals surface area (Å²) in [6.45, 7) is 3.20. The third-order valence-electron chi connectivity index (χ3n) is 6.11. The summed E-state index contributed by atoms with van der Waals surface area (Å²) >= 11 is 0. The molecular weight excluding hydrogens is 450 g/mol. The number of aliphatic hydroxyl groups is 1. The predicted molar refractivity (Wildman–Crippen MR) is 146 cm³/mol. The zero-order chi connectivity index (χ0) is 25.3. The monoisotopic (exact) mass is 481 g/mol. The maximum atomic E-state index is 10.6. The van der Waals surface area contributed by atoms with E-state index in [1.54, 1.807) is 12.1 Å². The van der Waals surface area contributed by atoms with E-state index in [0.29, 0.717) is 25.1 Å². The molecule has 4 aromatic rings. The highest BCUT2D eigenvalue weighted by Crippen LogP contribution is 2.28. The summed E-state index contributed by atoms with van der Waals surface area (Å²) in [7, 11) is 0. The molecule has 5 N–H and O–H groups in total. The molecule has 0 bridgehead atoms. The molecule has 0 aliphatic carbocycles. The minimum Gasteiger partial charge on any atom is -0.506 e. The van der Waals surface area contributed by atoms with Gasteiger partial charge >= 0.3 is 0 Å². The van der Waals surface area contributed by atoms with E-state index in [9.17, 15) is 15.0 Å². The Morgan fingerprint density at radius 2 is 1.64 bits per heavy atom. The molecule has 6 nitrogen and oxygen atoms in total. The standard InChI is InChI=1S/C30H31N3O3/c1-21-7-11-26(18-27(21)23-5-3-2-4-6-23)33-25-12-8-22(9-13-25)15-16-31-19-30(36)24-10-14-29(35)28(17-24)32-20-34/h2-14,17-18,20,30-31,33,35-36H,15-16,19H2,1H3,(H,32,34)/t30-/m0/s1. The van der Waals surface area contributed by atoms with Gasteiger partial charge in [0.15, 0.2) is 0 Å². The number of anilines is 3. The Morgan fingerprint density at radius 1 is 0.889 bits per heavy atom. The number of rotatable bonds is 11. The van der Waals surface area contributed by atoms with Crippen molar-refractivity contribution in [2.24, 2.45) is 0 Å². The molecule has 0 radical (unpaired) electrons.